The smallest absolute Gasteiger partial charge is 0.261 e. The molecule has 0 bridgehead atoms. The minimum atomic E-state index is -3.78. The number of hydrogen-bond donors (Lipinski definition) is 2. The van der Waals surface area contributed by atoms with Crippen LogP contribution in [-0.4, -0.2) is 20.4 Å². The van der Waals surface area contributed by atoms with Crippen molar-refractivity contribution in [2.75, 3.05) is 4.72 Å². The highest BCUT2D eigenvalue weighted by atomic mass is 79.9. The van der Waals surface area contributed by atoms with Crippen LogP contribution in [0.3, 0.4) is 0 Å². The largest absolute Gasteiger partial charge is 0.350 e. The summed E-state index contributed by atoms with van der Waals surface area (Å²) in [5.74, 6) is -0.307. The van der Waals surface area contributed by atoms with Gasteiger partial charge < -0.3 is 5.32 Å². The second-order valence-corrected chi connectivity index (χ2v) is 7.78. The number of sulfonamides is 1. The molecule has 0 aliphatic rings. The Morgan fingerprint density at radius 2 is 1.78 bits per heavy atom. The van der Waals surface area contributed by atoms with Crippen molar-refractivity contribution in [1.82, 2.24) is 5.32 Å². The summed E-state index contributed by atoms with van der Waals surface area (Å²) >= 11 is 3.30. The SMILES string of the molecule is CC(C)NC(=O)c1cccc(S(=O)(=O)Nc2ccccc2Br)c1. The molecule has 23 heavy (non-hydrogen) atoms. The Bertz CT molecular complexity index is 820. The number of benzene rings is 2. The van der Waals surface area contributed by atoms with Gasteiger partial charge in [0.1, 0.15) is 0 Å². The van der Waals surface area contributed by atoms with Gasteiger partial charge in [0.25, 0.3) is 15.9 Å². The van der Waals surface area contributed by atoms with E-state index in [0.717, 1.165) is 0 Å². The fraction of sp³-hybridized carbons (Fsp3) is 0.188. The molecule has 0 heterocycles. The topological polar surface area (TPSA) is 75.3 Å². The third kappa shape index (κ3) is 4.56. The van der Waals surface area contributed by atoms with Crippen LogP contribution < -0.4 is 10.0 Å². The fourth-order valence-corrected chi connectivity index (χ4v) is 3.54. The van der Waals surface area contributed by atoms with E-state index in [1.165, 1.54) is 12.1 Å². The predicted octanol–water partition coefficient (Wildman–Crippen LogP) is 3.39. The third-order valence-electron chi connectivity index (χ3n) is 2.94. The van der Waals surface area contributed by atoms with Crippen molar-refractivity contribution in [3.63, 3.8) is 0 Å². The molecule has 2 aromatic carbocycles. The number of nitrogens with one attached hydrogen (secondary N) is 2. The van der Waals surface area contributed by atoms with Gasteiger partial charge in [-0.25, -0.2) is 8.42 Å². The van der Waals surface area contributed by atoms with Gasteiger partial charge >= 0.3 is 0 Å². The van der Waals surface area contributed by atoms with Crippen molar-refractivity contribution < 1.29 is 13.2 Å². The van der Waals surface area contributed by atoms with E-state index in [2.05, 4.69) is 26.0 Å². The van der Waals surface area contributed by atoms with Crippen molar-refractivity contribution in [1.29, 1.82) is 0 Å². The van der Waals surface area contributed by atoms with Gasteiger partial charge in [-0.3, -0.25) is 9.52 Å². The first kappa shape index (κ1) is 17.5. The molecule has 2 N–H and O–H groups in total. The van der Waals surface area contributed by atoms with Gasteiger partial charge in [-0.2, -0.15) is 0 Å². The second-order valence-electron chi connectivity index (χ2n) is 5.24. The lowest BCUT2D eigenvalue weighted by atomic mass is 10.2. The highest BCUT2D eigenvalue weighted by molar-refractivity contribution is 9.10. The molecule has 0 aromatic heterocycles. The van der Waals surface area contributed by atoms with Gasteiger partial charge in [-0.15, -0.1) is 0 Å². The van der Waals surface area contributed by atoms with Crippen LogP contribution >= 0.6 is 15.9 Å². The number of hydrogen-bond acceptors (Lipinski definition) is 3. The quantitative estimate of drug-likeness (QED) is 0.812. The first-order valence-corrected chi connectivity index (χ1v) is 9.25. The summed E-state index contributed by atoms with van der Waals surface area (Å²) in [6, 6.07) is 12.8. The zero-order valence-electron chi connectivity index (χ0n) is 12.7. The number of amides is 1. The first-order valence-electron chi connectivity index (χ1n) is 6.98. The number of halogens is 1. The van der Waals surface area contributed by atoms with Gasteiger partial charge in [0, 0.05) is 16.1 Å². The van der Waals surface area contributed by atoms with Crippen LogP contribution in [-0.2, 0) is 10.0 Å². The van der Waals surface area contributed by atoms with Crippen LogP contribution in [0.2, 0.25) is 0 Å². The zero-order chi connectivity index (χ0) is 17.0. The Morgan fingerprint density at radius 3 is 2.43 bits per heavy atom. The number of carbonyl (C=O) groups excluding carboxylic acids is 1. The van der Waals surface area contributed by atoms with Crippen molar-refractivity contribution in [2.45, 2.75) is 24.8 Å². The summed E-state index contributed by atoms with van der Waals surface area (Å²) in [5.41, 5.74) is 0.734. The number of rotatable bonds is 5. The Balaban J connectivity index is 2.30. The lowest BCUT2D eigenvalue weighted by Gasteiger charge is -2.12. The van der Waals surface area contributed by atoms with Gasteiger partial charge in [0.15, 0.2) is 0 Å². The molecule has 1 amide bonds. The number of para-hydroxylation sites is 1. The monoisotopic (exact) mass is 396 g/mol. The molecule has 0 unspecified atom stereocenters. The van der Waals surface area contributed by atoms with Gasteiger partial charge in [0.05, 0.1) is 10.6 Å². The summed E-state index contributed by atoms with van der Waals surface area (Å²) in [6.45, 7) is 3.68. The molecule has 0 radical (unpaired) electrons. The van der Waals surface area contributed by atoms with Crippen molar-refractivity contribution in [3.8, 4) is 0 Å². The summed E-state index contributed by atoms with van der Waals surface area (Å²) in [6.07, 6.45) is 0. The van der Waals surface area contributed by atoms with E-state index in [4.69, 9.17) is 0 Å². The lowest BCUT2D eigenvalue weighted by molar-refractivity contribution is 0.0943. The molecule has 7 heteroatoms. The third-order valence-corrected chi connectivity index (χ3v) is 5.00. The second kappa shape index (κ2) is 7.14. The molecule has 0 saturated carbocycles. The molecular formula is C16H17BrN2O3S. The zero-order valence-corrected chi connectivity index (χ0v) is 15.1. The van der Waals surface area contributed by atoms with Crippen LogP contribution in [0.25, 0.3) is 0 Å². The Kier molecular flexibility index (Phi) is 5.43. The Labute approximate surface area is 144 Å². The van der Waals surface area contributed by atoms with E-state index in [1.807, 2.05) is 13.8 Å². The van der Waals surface area contributed by atoms with E-state index in [-0.39, 0.29) is 16.8 Å². The molecule has 2 aromatic rings. The average molecular weight is 397 g/mol. The summed E-state index contributed by atoms with van der Waals surface area (Å²) in [5, 5.41) is 2.73. The van der Waals surface area contributed by atoms with Crippen LogP contribution in [0.15, 0.2) is 57.9 Å². The van der Waals surface area contributed by atoms with Crippen LogP contribution in [0.4, 0.5) is 5.69 Å². The number of carbonyl (C=O) groups is 1. The minimum absolute atomic E-state index is 0.0267. The molecular weight excluding hydrogens is 380 g/mol. The Morgan fingerprint density at radius 1 is 1.09 bits per heavy atom. The van der Waals surface area contributed by atoms with Crippen molar-refractivity contribution >= 4 is 37.5 Å². The molecule has 0 spiro atoms. The minimum Gasteiger partial charge on any atom is -0.350 e. The van der Waals surface area contributed by atoms with Gasteiger partial charge in [-0.05, 0) is 60.1 Å². The molecule has 0 aliphatic carbocycles. The number of anilines is 1. The predicted molar refractivity (Wildman–Crippen MR) is 94.0 cm³/mol. The summed E-state index contributed by atoms with van der Waals surface area (Å²) < 4.78 is 28.1. The van der Waals surface area contributed by atoms with E-state index in [1.54, 1.807) is 36.4 Å². The Hall–Kier alpha value is -1.86. The molecule has 0 fully saturated rings. The van der Waals surface area contributed by atoms with Crippen molar-refractivity contribution in [2.24, 2.45) is 0 Å². The molecule has 122 valence electrons. The van der Waals surface area contributed by atoms with Crippen LogP contribution in [0.5, 0.6) is 0 Å². The van der Waals surface area contributed by atoms with Crippen LogP contribution in [0, 0.1) is 0 Å². The highest BCUT2D eigenvalue weighted by Gasteiger charge is 2.17. The molecule has 0 aliphatic heterocycles. The highest BCUT2D eigenvalue weighted by Crippen LogP contribution is 2.24. The summed E-state index contributed by atoms with van der Waals surface area (Å²) in [4.78, 5) is 12.0. The maximum atomic E-state index is 12.5. The molecule has 2 rings (SSSR count). The fourth-order valence-electron chi connectivity index (χ4n) is 1.90. The summed E-state index contributed by atoms with van der Waals surface area (Å²) in [7, 11) is -3.78. The maximum absolute atomic E-state index is 12.5. The normalized spacial score (nSPS) is 11.3. The molecule has 0 atom stereocenters. The standard InChI is InChI=1S/C16H17BrN2O3S/c1-11(2)18-16(20)12-6-5-7-13(10-12)23(21,22)19-15-9-4-3-8-14(15)17/h3-11,19H,1-2H3,(H,18,20). The van der Waals surface area contributed by atoms with Gasteiger partial charge in [-0.1, -0.05) is 18.2 Å². The molecule has 5 nitrogen and oxygen atoms in total. The molecule has 0 saturated heterocycles. The van der Waals surface area contributed by atoms with E-state index in [9.17, 15) is 13.2 Å². The van der Waals surface area contributed by atoms with Crippen LogP contribution in [0.1, 0.15) is 24.2 Å². The van der Waals surface area contributed by atoms with Gasteiger partial charge in [0.2, 0.25) is 0 Å². The van der Waals surface area contributed by atoms with E-state index < -0.39 is 10.0 Å². The first-order chi connectivity index (χ1) is 10.8. The lowest BCUT2D eigenvalue weighted by Crippen LogP contribution is -2.30. The average Bonchev–Trinajstić information content (AvgIpc) is 2.49. The van der Waals surface area contributed by atoms with E-state index in [0.29, 0.717) is 15.7 Å². The maximum Gasteiger partial charge on any atom is 0.261 e. The van der Waals surface area contributed by atoms with Crippen molar-refractivity contribution in [3.05, 3.63) is 58.6 Å². The van der Waals surface area contributed by atoms with E-state index >= 15 is 0 Å².